The van der Waals surface area contributed by atoms with Crippen molar-refractivity contribution in [2.24, 2.45) is 10.4 Å². The number of ether oxygens (including phenoxy) is 1. The largest absolute Gasteiger partial charge is 0.504 e. The normalized spacial score (nSPS) is 25.6. The number of likely N-dealkylation sites (tertiary alicyclic amines) is 1. The monoisotopic (exact) mass is 404 g/mol. The maximum Gasteiger partial charge on any atom is 0.254 e. The van der Waals surface area contributed by atoms with Gasteiger partial charge in [-0.2, -0.15) is 0 Å². The third-order valence-corrected chi connectivity index (χ3v) is 8.03. The van der Waals surface area contributed by atoms with Crippen molar-refractivity contribution in [3.8, 4) is 11.5 Å². The molecule has 1 aliphatic carbocycles. The molecule has 5 rings (SSSR count). The number of aromatic hydroxyl groups is 1. The zero-order valence-electron chi connectivity index (χ0n) is 18.0. The van der Waals surface area contributed by atoms with Gasteiger partial charge in [0.15, 0.2) is 11.5 Å². The number of aliphatic imine (C=N–C) groups is 1. The molecule has 0 radical (unpaired) electrons. The first kappa shape index (κ1) is 19.2. The molecular weight excluding hydrogens is 376 g/mol. The molecule has 1 saturated heterocycles. The molecule has 2 heterocycles. The number of fused-ring (bicyclic) bond motifs is 5. The molecule has 1 amide bonds. The lowest BCUT2D eigenvalue weighted by molar-refractivity contribution is -0.0263. The van der Waals surface area contributed by atoms with Crippen LogP contribution in [0.5, 0.6) is 11.5 Å². The number of methoxy groups -OCH3 is 1. The molecule has 1 N–H and O–H groups in total. The van der Waals surface area contributed by atoms with Crippen LogP contribution in [-0.4, -0.2) is 41.8 Å². The van der Waals surface area contributed by atoms with Crippen LogP contribution < -0.4 is 4.74 Å². The number of benzene rings is 2. The number of phenolic OH excluding ortho intramolecular Hbond substituents is 1. The van der Waals surface area contributed by atoms with Gasteiger partial charge in [0, 0.05) is 36.2 Å². The van der Waals surface area contributed by atoms with Crippen LogP contribution in [0.1, 0.15) is 54.2 Å². The summed E-state index contributed by atoms with van der Waals surface area (Å²) in [4.78, 5) is 20.0. The number of hydrogen-bond donors (Lipinski definition) is 1. The molecule has 0 spiro atoms. The van der Waals surface area contributed by atoms with Gasteiger partial charge in [0.05, 0.1) is 12.8 Å². The number of carbonyl (C=O) groups excluding carboxylic acids is 1. The molecule has 156 valence electrons. The molecule has 2 aromatic carbocycles. The number of carbonyl (C=O) groups is 1. The van der Waals surface area contributed by atoms with Crippen molar-refractivity contribution >= 4 is 17.8 Å². The van der Waals surface area contributed by atoms with Crippen molar-refractivity contribution in [2.45, 2.75) is 51.5 Å². The van der Waals surface area contributed by atoms with Crippen molar-refractivity contribution in [3.05, 3.63) is 52.6 Å². The average Bonchev–Trinajstić information content (AvgIpc) is 3.18. The predicted molar refractivity (Wildman–Crippen MR) is 117 cm³/mol. The molecular formula is C25H28N2O3. The van der Waals surface area contributed by atoms with Crippen LogP contribution >= 0.6 is 0 Å². The van der Waals surface area contributed by atoms with Crippen LogP contribution in [0.15, 0.2) is 35.3 Å². The molecule has 2 aliphatic heterocycles. The van der Waals surface area contributed by atoms with Crippen LogP contribution in [0.25, 0.3) is 0 Å². The second kappa shape index (κ2) is 6.34. The summed E-state index contributed by atoms with van der Waals surface area (Å²) in [6, 6.07) is 9.77. The first-order valence-electron chi connectivity index (χ1n) is 10.6. The molecule has 2 bridgehead atoms. The van der Waals surface area contributed by atoms with Gasteiger partial charge in [-0.1, -0.05) is 20.8 Å². The van der Waals surface area contributed by atoms with E-state index in [-0.39, 0.29) is 28.5 Å². The Kier molecular flexibility index (Phi) is 4.05. The fourth-order valence-corrected chi connectivity index (χ4v) is 5.75. The Balaban J connectivity index is 1.55. The van der Waals surface area contributed by atoms with Gasteiger partial charge < -0.3 is 14.7 Å². The van der Waals surface area contributed by atoms with E-state index in [0.717, 1.165) is 41.6 Å². The van der Waals surface area contributed by atoms with E-state index in [0.29, 0.717) is 12.3 Å². The predicted octanol–water partition coefficient (Wildman–Crippen LogP) is 4.41. The number of hydrogen-bond acceptors (Lipinski definition) is 4. The van der Waals surface area contributed by atoms with Crippen molar-refractivity contribution in [3.63, 3.8) is 0 Å². The van der Waals surface area contributed by atoms with Crippen molar-refractivity contribution < 1.29 is 14.6 Å². The van der Waals surface area contributed by atoms with E-state index in [1.807, 2.05) is 36.5 Å². The number of rotatable bonds is 2. The summed E-state index contributed by atoms with van der Waals surface area (Å²) in [6.07, 6.45) is 4.30. The highest BCUT2D eigenvalue weighted by Gasteiger charge is 2.57. The molecule has 5 nitrogen and oxygen atoms in total. The summed E-state index contributed by atoms with van der Waals surface area (Å²) < 4.78 is 5.36. The topological polar surface area (TPSA) is 62.1 Å². The van der Waals surface area contributed by atoms with Gasteiger partial charge in [-0.25, -0.2) is 0 Å². The van der Waals surface area contributed by atoms with Crippen LogP contribution in [0.4, 0.5) is 5.69 Å². The SMILES string of the molecule is COc1cc2c(cc1O)C1(C)CCN(C(=O)c3ccc4c(c3)CC=N4)C(C2)C1(C)C. The summed E-state index contributed by atoms with van der Waals surface area (Å²) in [7, 11) is 1.57. The van der Waals surface area contributed by atoms with Gasteiger partial charge in [-0.05, 0) is 65.3 Å². The second-order valence-electron chi connectivity index (χ2n) is 9.56. The lowest BCUT2D eigenvalue weighted by Crippen LogP contribution is -2.64. The lowest BCUT2D eigenvalue weighted by Gasteiger charge is -2.60. The van der Waals surface area contributed by atoms with Gasteiger partial charge in [-0.15, -0.1) is 0 Å². The van der Waals surface area contributed by atoms with E-state index < -0.39 is 0 Å². The van der Waals surface area contributed by atoms with Crippen LogP contribution in [0, 0.1) is 5.41 Å². The van der Waals surface area contributed by atoms with Crippen molar-refractivity contribution in [1.29, 1.82) is 0 Å². The van der Waals surface area contributed by atoms with Crippen molar-refractivity contribution in [1.82, 2.24) is 4.90 Å². The molecule has 5 heteroatoms. The average molecular weight is 405 g/mol. The number of amides is 1. The highest BCUT2D eigenvalue weighted by atomic mass is 16.5. The fourth-order valence-electron chi connectivity index (χ4n) is 5.75. The summed E-state index contributed by atoms with van der Waals surface area (Å²) in [5.74, 6) is 0.774. The Morgan fingerprint density at radius 1 is 1.20 bits per heavy atom. The Hall–Kier alpha value is -2.82. The minimum atomic E-state index is -0.130. The fraction of sp³-hybridized carbons (Fsp3) is 0.440. The summed E-state index contributed by atoms with van der Waals surface area (Å²) >= 11 is 0. The number of nitrogens with zero attached hydrogens (tertiary/aromatic N) is 2. The lowest BCUT2D eigenvalue weighted by atomic mass is 9.51. The van der Waals surface area contributed by atoms with E-state index >= 15 is 0 Å². The summed E-state index contributed by atoms with van der Waals surface area (Å²) in [5.41, 5.74) is 4.92. The quantitative estimate of drug-likeness (QED) is 0.806. The molecule has 3 aliphatic rings. The number of phenols is 1. The molecule has 30 heavy (non-hydrogen) atoms. The van der Waals surface area contributed by atoms with Crippen LogP contribution in [0.3, 0.4) is 0 Å². The van der Waals surface area contributed by atoms with Gasteiger partial charge >= 0.3 is 0 Å². The minimum Gasteiger partial charge on any atom is -0.504 e. The third-order valence-electron chi connectivity index (χ3n) is 8.03. The van der Waals surface area contributed by atoms with Crippen LogP contribution in [-0.2, 0) is 18.3 Å². The smallest absolute Gasteiger partial charge is 0.254 e. The standard InChI is InChI=1S/C25H28N2O3/c1-24(2)22-13-17-12-21(30-4)20(28)14-18(17)25(24,3)8-10-27(22)23(29)16-5-6-19-15(11-16)7-9-26-19/h5-6,9,11-12,14,22,28H,7-8,10,13H2,1-4H3. The van der Waals surface area contributed by atoms with Gasteiger partial charge in [0.25, 0.3) is 5.91 Å². The van der Waals surface area contributed by atoms with E-state index in [4.69, 9.17) is 4.74 Å². The highest BCUT2D eigenvalue weighted by molar-refractivity contribution is 5.96. The maximum absolute atomic E-state index is 13.6. The van der Waals surface area contributed by atoms with E-state index in [1.165, 1.54) is 5.56 Å². The van der Waals surface area contributed by atoms with Crippen molar-refractivity contribution in [2.75, 3.05) is 13.7 Å². The van der Waals surface area contributed by atoms with E-state index in [1.54, 1.807) is 7.11 Å². The third kappa shape index (κ3) is 2.47. The second-order valence-corrected chi connectivity index (χ2v) is 9.56. The summed E-state index contributed by atoms with van der Waals surface area (Å²) in [5, 5.41) is 10.4. The van der Waals surface area contributed by atoms with E-state index in [2.05, 4.69) is 30.7 Å². The minimum absolute atomic E-state index is 0.0787. The van der Waals surface area contributed by atoms with Crippen LogP contribution in [0.2, 0.25) is 0 Å². The Bertz CT molecular complexity index is 1090. The Labute approximate surface area is 177 Å². The number of piperidine rings is 1. The molecule has 2 unspecified atom stereocenters. The molecule has 0 aromatic heterocycles. The maximum atomic E-state index is 13.6. The molecule has 2 atom stereocenters. The highest BCUT2D eigenvalue weighted by Crippen LogP contribution is 2.57. The zero-order chi connectivity index (χ0) is 21.3. The van der Waals surface area contributed by atoms with Gasteiger partial charge in [-0.3, -0.25) is 9.79 Å². The Morgan fingerprint density at radius 2 is 2.00 bits per heavy atom. The first-order valence-corrected chi connectivity index (χ1v) is 10.6. The molecule has 1 fully saturated rings. The van der Waals surface area contributed by atoms with E-state index in [9.17, 15) is 9.90 Å². The van der Waals surface area contributed by atoms with Gasteiger partial charge in [0.1, 0.15) is 0 Å². The first-order chi connectivity index (χ1) is 14.3. The Morgan fingerprint density at radius 3 is 2.77 bits per heavy atom. The van der Waals surface area contributed by atoms with Gasteiger partial charge in [0.2, 0.25) is 0 Å². The summed E-state index contributed by atoms with van der Waals surface area (Å²) in [6.45, 7) is 7.51. The molecule has 2 aromatic rings. The molecule has 0 saturated carbocycles. The zero-order valence-corrected chi connectivity index (χ0v) is 18.0.